The highest BCUT2D eigenvalue weighted by molar-refractivity contribution is 6.07. The predicted octanol–water partition coefficient (Wildman–Crippen LogP) is 4.31. The van der Waals surface area contributed by atoms with Crippen molar-refractivity contribution in [2.24, 2.45) is 5.10 Å². The highest BCUT2D eigenvalue weighted by Gasteiger charge is 2.11. The molecule has 4 aromatic carbocycles. The van der Waals surface area contributed by atoms with E-state index in [1.54, 1.807) is 31.4 Å². The summed E-state index contributed by atoms with van der Waals surface area (Å²) < 4.78 is 11.3. The maximum absolute atomic E-state index is 12.5. The molecule has 0 aromatic heterocycles. The third kappa shape index (κ3) is 6.23. The van der Waals surface area contributed by atoms with Crippen LogP contribution in [0, 0.1) is 0 Å². The maximum atomic E-state index is 12.5. The molecule has 4 aromatic rings. The summed E-state index contributed by atoms with van der Waals surface area (Å²) in [5.41, 5.74) is 4.70. The fourth-order valence-electron chi connectivity index (χ4n) is 3.52. The third-order valence-corrected chi connectivity index (χ3v) is 5.27. The molecule has 0 aliphatic rings. The second-order valence-corrected chi connectivity index (χ2v) is 7.69. The molecule has 0 unspecified atom stereocenters. The van der Waals surface area contributed by atoms with Crippen molar-refractivity contribution in [1.82, 2.24) is 10.7 Å². The number of ether oxygens (including phenoxy) is 2. The van der Waals surface area contributed by atoms with E-state index in [1.807, 2.05) is 66.7 Å². The highest BCUT2D eigenvalue weighted by Crippen LogP contribution is 2.28. The zero-order chi connectivity index (χ0) is 24.5. The molecule has 0 atom stereocenters. The SMILES string of the molecule is COc1cc(C=NNC(=O)CNC(=O)c2cccc3ccccc23)ccc1OCc1ccccc1. The molecule has 0 saturated heterocycles. The van der Waals surface area contributed by atoms with Gasteiger partial charge < -0.3 is 14.8 Å². The normalized spacial score (nSPS) is 10.8. The first-order valence-electron chi connectivity index (χ1n) is 11.1. The molecule has 2 amide bonds. The molecular formula is C28H25N3O4. The van der Waals surface area contributed by atoms with Gasteiger partial charge in [0.2, 0.25) is 0 Å². The minimum Gasteiger partial charge on any atom is -0.493 e. The third-order valence-electron chi connectivity index (χ3n) is 5.27. The molecule has 0 heterocycles. The van der Waals surface area contributed by atoms with Crippen molar-refractivity contribution < 1.29 is 19.1 Å². The van der Waals surface area contributed by atoms with Gasteiger partial charge in [0.15, 0.2) is 11.5 Å². The number of fused-ring (bicyclic) bond motifs is 1. The lowest BCUT2D eigenvalue weighted by Crippen LogP contribution is -2.35. The summed E-state index contributed by atoms with van der Waals surface area (Å²) in [4.78, 5) is 24.7. The van der Waals surface area contributed by atoms with E-state index in [2.05, 4.69) is 15.8 Å². The Morgan fingerprint density at radius 1 is 0.886 bits per heavy atom. The van der Waals surface area contributed by atoms with Gasteiger partial charge in [0.25, 0.3) is 11.8 Å². The molecule has 0 fully saturated rings. The van der Waals surface area contributed by atoms with E-state index in [9.17, 15) is 9.59 Å². The van der Waals surface area contributed by atoms with Gasteiger partial charge in [-0.15, -0.1) is 0 Å². The summed E-state index contributed by atoms with van der Waals surface area (Å²) in [6.07, 6.45) is 1.49. The van der Waals surface area contributed by atoms with Crippen molar-refractivity contribution in [2.45, 2.75) is 6.61 Å². The topological polar surface area (TPSA) is 89.0 Å². The van der Waals surface area contributed by atoms with E-state index in [1.165, 1.54) is 6.21 Å². The van der Waals surface area contributed by atoms with Crippen LogP contribution < -0.4 is 20.2 Å². The van der Waals surface area contributed by atoms with Crippen molar-refractivity contribution in [1.29, 1.82) is 0 Å². The number of carbonyl (C=O) groups excluding carboxylic acids is 2. The van der Waals surface area contributed by atoms with E-state index in [-0.39, 0.29) is 12.5 Å². The van der Waals surface area contributed by atoms with Crippen LogP contribution >= 0.6 is 0 Å². The summed E-state index contributed by atoms with van der Waals surface area (Å²) in [5, 5.41) is 8.39. The van der Waals surface area contributed by atoms with Gasteiger partial charge in [-0.1, -0.05) is 66.7 Å². The number of rotatable bonds is 9. The summed E-state index contributed by atoms with van der Waals surface area (Å²) in [7, 11) is 1.56. The van der Waals surface area contributed by atoms with Crippen LogP contribution in [0.15, 0.2) is 96.1 Å². The maximum Gasteiger partial charge on any atom is 0.259 e. The molecule has 0 saturated carbocycles. The fourth-order valence-corrected chi connectivity index (χ4v) is 3.52. The molecule has 0 spiro atoms. The van der Waals surface area contributed by atoms with Gasteiger partial charge in [-0.2, -0.15) is 5.10 Å². The lowest BCUT2D eigenvalue weighted by molar-refractivity contribution is -0.120. The van der Waals surface area contributed by atoms with E-state index in [0.29, 0.717) is 29.2 Å². The molecule has 35 heavy (non-hydrogen) atoms. The van der Waals surface area contributed by atoms with Gasteiger partial charge in [0.05, 0.1) is 19.9 Å². The van der Waals surface area contributed by atoms with E-state index < -0.39 is 5.91 Å². The summed E-state index contributed by atoms with van der Waals surface area (Å²) in [6, 6.07) is 28.3. The molecule has 7 heteroatoms. The Morgan fingerprint density at radius 3 is 2.49 bits per heavy atom. The first-order valence-corrected chi connectivity index (χ1v) is 11.1. The fraction of sp³-hybridized carbons (Fsp3) is 0.107. The average Bonchev–Trinajstić information content (AvgIpc) is 2.91. The Morgan fingerprint density at radius 2 is 1.66 bits per heavy atom. The van der Waals surface area contributed by atoms with Gasteiger partial charge in [-0.3, -0.25) is 9.59 Å². The number of hydrazone groups is 1. The van der Waals surface area contributed by atoms with Crippen LogP contribution in [0.5, 0.6) is 11.5 Å². The zero-order valence-corrected chi connectivity index (χ0v) is 19.2. The molecular weight excluding hydrogens is 442 g/mol. The molecule has 0 radical (unpaired) electrons. The van der Waals surface area contributed by atoms with Gasteiger partial charge in [-0.05, 0) is 46.2 Å². The summed E-state index contributed by atoms with van der Waals surface area (Å²) in [6.45, 7) is 0.222. The standard InChI is InChI=1S/C28H25N3O4/c1-34-26-16-21(14-15-25(26)35-19-20-8-3-2-4-9-20)17-30-31-27(32)18-29-28(33)24-13-7-11-22-10-5-6-12-23(22)24/h2-17H,18-19H2,1H3,(H,29,33)(H,31,32). The number of hydrogen-bond acceptors (Lipinski definition) is 5. The number of nitrogens with zero attached hydrogens (tertiary/aromatic N) is 1. The Labute approximate surface area is 203 Å². The second kappa shape index (κ2) is 11.5. The van der Waals surface area contributed by atoms with E-state index >= 15 is 0 Å². The molecule has 176 valence electrons. The smallest absolute Gasteiger partial charge is 0.259 e. The average molecular weight is 468 g/mol. The number of carbonyl (C=O) groups is 2. The molecule has 4 rings (SSSR count). The number of nitrogens with one attached hydrogen (secondary N) is 2. The summed E-state index contributed by atoms with van der Waals surface area (Å²) >= 11 is 0. The van der Waals surface area contributed by atoms with Gasteiger partial charge in [0.1, 0.15) is 6.61 Å². The van der Waals surface area contributed by atoms with E-state index in [0.717, 1.165) is 16.3 Å². The van der Waals surface area contributed by atoms with Crippen LogP contribution in [-0.4, -0.2) is 31.7 Å². The monoisotopic (exact) mass is 467 g/mol. The largest absolute Gasteiger partial charge is 0.493 e. The zero-order valence-electron chi connectivity index (χ0n) is 19.2. The van der Waals surface area contributed by atoms with Crippen LogP contribution in [0.3, 0.4) is 0 Å². The van der Waals surface area contributed by atoms with E-state index in [4.69, 9.17) is 9.47 Å². The van der Waals surface area contributed by atoms with Crippen molar-refractivity contribution in [2.75, 3.05) is 13.7 Å². The number of methoxy groups -OCH3 is 1. The number of amides is 2. The van der Waals surface area contributed by atoms with Gasteiger partial charge in [-0.25, -0.2) is 5.43 Å². The Kier molecular flexibility index (Phi) is 7.70. The van der Waals surface area contributed by atoms with Crippen molar-refractivity contribution >= 4 is 28.8 Å². The lowest BCUT2D eigenvalue weighted by Gasteiger charge is -2.11. The predicted molar refractivity (Wildman–Crippen MR) is 136 cm³/mol. The lowest BCUT2D eigenvalue weighted by atomic mass is 10.0. The Hall–Kier alpha value is -4.65. The Balaban J connectivity index is 1.29. The van der Waals surface area contributed by atoms with Crippen molar-refractivity contribution in [3.05, 3.63) is 108 Å². The van der Waals surface area contributed by atoms with Gasteiger partial charge in [0, 0.05) is 5.56 Å². The van der Waals surface area contributed by atoms with Gasteiger partial charge >= 0.3 is 0 Å². The van der Waals surface area contributed by atoms with Crippen LogP contribution in [-0.2, 0) is 11.4 Å². The first kappa shape index (κ1) is 23.5. The van der Waals surface area contributed by atoms with Crippen LogP contribution in [0.4, 0.5) is 0 Å². The number of benzene rings is 4. The minimum absolute atomic E-state index is 0.199. The van der Waals surface area contributed by atoms with Crippen molar-refractivity contribution in [3.8, 4) is 11.5 Å². The van der Waals surface area contributed by atoms with Crippen LogP contribution in [0.25, 0.3) is 10.8 Å². The second-order valence-electron chi connectivity index (χ2n) is 7.69. The molecule has 0 aliphatic carbocycles. The molecule has 2 N–H and O–H groups in total. The van der Waals surface area contributed by atoms with Crippen LogP contribution in [0.2, 0.25) is 0 Å². The molecule has 7 nitrogen and oxygen atoms in total. The Bertz CT molecular complexity index is 1350. The highest BCUT2D eigenvalue weighted by atomic mass is 16.5. The minimum atomic E-state index is -0.440. The van der Waals surface area contributed by atoms with Crippen molar-refractivity contribution in [3.63, 3.8) is 0 Å². The molecule has 0 aliphatic heterocycles. The summed E-state index contributed by atoms with van der Waals surface area (Å²) in [5.74, 6) is 0.397. The quantitative estimate of drug-likeness (QED) is 0.284. The first-order chi connectivity index (χ1) is 17.1. The number of hydrogen-bond donors (Lipinski definition) is 2. The van der Waals surface area contributed by atoms with Crippen LogP contribution in [0.1, 0.15) is 21.5 Å². The molecule has 0 bridgehead atoms.